The number of aryl methyl sites for hydroxylation is 2. The topological polar surface area (TPSA) is 259 Å². The first-order valence-electron chi connectivity index (χ1n) is 11.5. The number of nitro groups is 1. The van der Waals surface area contributed by atoms with Gasteiger partial charge in [0, 0.05) is 29.8 Å². The average Bonchev–Trinajstić information content (AvgIpc) is 3.45. The summed E-state index contributed by atoms with van der Waals surface area (Å²) in [4.78, 5) is 45.8. The Balaban J connectivity index is 0.000000223. The van der Waals surface area contributed by atoms with Gasteiger partial charge in [0.15, 0.2) is 4.90 Å². The number of carboxylic acid groups (broad SMARTS) is 2. The molecule has 0 amide bonds. The molecule has 1 heterocycles. The van der Waals surface area contributed by atoms with Crippen LogP contribution in [0.25, 0.3) is 0 Å². The monoisotopic (exact) mass is 599 g/mol. The molecular formula is C26H25N5O10S. The van der Waals surface area contributed by atoms with Crippen molar-refractivity contribution in [2.45, 2.75) is 18.7 Å². The molecule has 4 rings (SSSR count). The summed E-state index contributed by atoms with van der Waals surface area (Å²) in [7, 11) is -4.62. The third-order valence-corrected chi connectivity index (χ3v) is 6.23. The Morgan fingerprint density at radius 3 is 2.02 bits per heavy atom. The van der Waals surface area contributed by atoms with Gasteiger partial charge in [-0.1, -0.05) is 18.2 Å². The Labute approximate surface area is 238 Å². The van der Waals surface area contributed by atoms with E-state index in [4.69, 9.17) is 26.2 Å². The second kappa shape index (κ2) is 13.6. The first kappa shape index (κ1) is 32.6. The molecule has 7 N–H and O–H groups in total. The first-order chi connectivity index (χ1) is 19.5. The third kappa shape index (κ3) is 8.44. The van der Waals surface area contributed by atoms with E-state index in [2.05, 4.69) is 4.98 Å². The fourth-order valence-corrected chi connectivity index (χ4v) is 4.11. The van der Waals surface area contributed by atoms with Gasteiger partial charge in [-0.05, 0) is 55.3 Å². The fraction of sp³-hybridized carbons (Fsp3) is 0.0769. The minimum atomic E-state index is -4.62. The number of nitrogen functional groups attached to an aromatic ring is 2. The van der Waals surface area contributed by atoms with Crippen LogP contribution in [0.4, 0.5) is 17.1 Å². The van der Waals surface area contributed by atoms with Crippen molar-refractivity contribution < 1.29 is 42.5 Å². The lowest BCUT2D eigenvalue weighted by molar-refractivity contribution is -0.387. The molecule has 4 aromatic rings. The first-order valence-corrected chi connectivity index (χ1v) is 12.9. The number of aromatic carboxylic acids is 2. The van der Waals surface area contributed by atoms with Crippen LogP contribution >= 0.6 is 0 Å². The maximum atomic E-state index is 11.9. The summed E-state index contributed by atoms with van der Waals surface area (Å²) in [6.45, 7) is 3.65. The van der Waals surface area contributed by atoms with Gasteiger partial charge in [-0.2, -0.15) is 8.42 Å². The van der Waals surface area contributed by atoms with E-state index in [1.807, 2.05) is 13.0 Å². The molecule has 0 saturated heterocycles. The van der Waals surface area contributed by atoms with Crippen molar-refractivity contribution in [1.29, 1.82) is 0 Å². The number of nitrogens with two attached hydrogens (primary N) is 2. The number of hydrogen-bond donors (Lipinski definition) is 5. The van der Waals surface area contributed by atoms with Crippen molar-refractivity contribution in [2.24, 2.45) is 0 Å². The highest BCUT2D eigenvalue weighted by atomic mass is 32.2. The van der Waals surface area contributed by atoms with Crippen molar-refractivity contribution in [3.63, 3.8) is 0 Å². The van der Waals surface area contributed by atoms with E-state index in [1.54, 1.807) is 25.1 Å². The van der Waals surface area contributed by atoms with E-state index in [9.17, 15) is 32.9 Å². The van der Waals surface area contributed by atoms with Crippen LogP contribution in [0, 0.1) is 24.0 Å². The molecule has 3 aromatic carbocycles. The second-order valence-corrected chi connectivity index (χ2v) is 9.82. The fourth-order valence-electron chi connectivity index (χ4n) is 3.42. The number of imidazole rings is 1. The van der Waals surface area contributed by atoms with Gasteiger partial charge in [-0.15, -0.1) is 0 Å². The van der Waals surface area contributed by atoms with Crippen LogP contribution < -0.4 is 11.5 Å². The highest BCUT2D eigenvalue weighted by molar-refractivity contribution is 7.86. The number of benzene rings is 3. The smallest absolute Gasteiger partial charge is 0.337 e. The molecule has 0 aliphatic rings. The van der Waals surface area contributed by atoms with Gasteiger partial charge >= 0.3 is 22.1 Å². The third-order valence-electron chi connectivity index (χ3n) is 5.35. The number of hydrogen-bond acceptors (Lipinski definition) is 10. The largest absolute Gasteiger partial charge is 0.478 e. The van der Waals surface area contributed by atoms with Gasteiger partial charge in [0.25, 0.3) is 11.6 Å². The molecule has 0 aliphatic heterocycles. The van der Waals surface area contributed by atoms with E-state index in [0.717, 1.165) is 23.3 Å². The van der Waals surface area contributed by atoms with Crippen molar-refractivity contribution in [3.8, 4) is 0 Å². The van der Waals surface area contributed by atoms with E-state index in [-0.39, 0.29) is 22.4 Å². The number of rotatable bonds is 5. The lowest BCUT2D eigenvalue weighted by atomic mass is 10.0. The second-order valence-electron chi connectivity index (χ2n) is 8.43. The number of anilines is 2. The zero-order valence-corrected chi connectivity index (χ0v) is 22.8. The highest BCUT2D eigenvalue weighted by Crippen LogP contribution is 2.25. The number of nitro benzene ring substituents is 1. The molecule has 0 fully saturated rings. The summed E-state index contributed by atoms with van der Waals surface area (Å²) in [6, 6.07) is 12.4. The maximum Gasteiger partial charge on any atom is 0.337 e. The van der Waals surface area contributed by atoms with Gasteiger partial charge < -0.3 is 21.7 Å². The Morgan fingerprint density at radius 1 is 0.929 bits per heavy atom. The summed E-state index contributed by atoms with van der Waals surface area (Å²) in [5, 5.41) is 28.0. The van der Waals surface area contributed by atoms with Crippen molar-refractivity contribution in [2.75, 3.05) is 11.5 Å². The van der Waals surface area contributed by atoms with E-state index in [0.29, 0.717) is 5.69 Å². The quantitative estimate of drug-likeness (QED) is 0.0955. The molecular weight excluding hydrogens is 574 g/mol. The molecule has 0 atom stereocenters. The van der Waals surface area contributed by atoms with Crippen LogP contribution in [-0.2, 0) is 10.1 Å². The molecule has 1 aromatic heterocycles. The molecule has 0 aliphatic carbocycles. The zero-order valence-electron chi connectivity index (χ0n) is 22.0. The Kier molecular flexibility index (Phi) is 10.6. The standard InChI is InChI=1S/C11H8N2O3.C9H11NO2.C6H6N2O5S/c14-10(13-6-5-12-7-13)8-3-1-2-4-9(8)11(15)16;1-5-3-6(2)8(10)7(4-5)9(11)12;7-4-1-2-5(8(9)10)6(3-4)14(11,12)13/h1-7H,(H,15,16);3-4H,10H2,1-2H3,(H,11,12);1-3H,7H2,(H,11,12,13). The minimum absolute atomic E-state index is 0.0128. The summed E-state index contributed by atoms with van der Waals surface area (Å²) < 4.78 is 31.3. The summed E-state index contributed by atoms with van der Waals surface area (Å²) in [5.41, 5.74) is 12.5. The summed E-state index contributed by atoms with van der Waals surface area (Å²) >= 11 is 0. The van der Waals surface area contributed by atoms with Gasteiger partial charge in [0.2, 0.25) is 0 Å². The lowest BCUT2D eigenvalue weighted by Gasteiger charge is -2.05. The van der Waals surface area contributed by atoms with Gasteiger partial charge in [0.05, 0.1) is 21.6 Å². The normalized spacial score (nSPS) is 10.4. The van der Waals surface area contributed by atoms with E-state index >= 15 is 0 Å². The highest BCUT2D eigenvalue weighted by Gasteiger charge is 2.23. The molecule has 15 nitrogen and oxygen atoms in total. The van der Waals surface area contributed by atoms with Gasteiger partial charge in [-0.25, -0.2) is 14.6 Å². The van der Waals surface area contributed by atoms with Crippen LogP contribution in [0.3, 0.4) is 0 Å². The predicted octanol–water partition coefficient (Wildman–Crippen LogP) is 3.28. The Morgan fingerprint density at radius 2 is 1.52 bits per heavy atom. The SMILES string of the molecule is Cc1cc(C)c(N)c(C(=O)O)c1.Nc1ccc([N+](=O)[O-])c(S(=O)(=O)O)c1.O=C(O)c1ccccc1C(=O)n1ccnc1. The van der Waals surface area contributed by atoms with E-state index < -0.39 is 43.5 Å². The molecule has 0 radical (unpaired) electrons. The molecule has 42 heavy (non-hydrogen) atoms. The molecule has 0 unspecified atom stereocenters. The van der Waals surface area contributed by atoms with Crippen LogP contribution in [0.2, 0.25) is 0 Å². The van der Waals surface area contributed by atoms with E-state index in [1.165, 1.54) is 41.5 Å². The number of carboxylic acids is 2. The van der Waals surface area contributed by atoms with Gasteiger partial charge in [0.1, 0.15) is 6.33 Å². The zero-order chi connectivity index (χ0) is 31.8. The van der Waals surface area contributed by atoms with Crippen LogP contribution in [0.15, 0.2) is 78.2 Å². The molecule has 220 valence electrons. The molecule has 0 spiro atoms. The lowest BCUT2D eigenvalue weighted by Crippen LogP contribution is -2.14. The van der Waals surface area contributed by atoms with Crippen molar-refractivity contribution >= 4 is 45.0 Å². The summed E-state index contributed by atoms with van der Waals surface area (Å²) in [5.74, 6) is -2.50. The van der Waals surface area contributed by atoms with Gasteiger partial charge in [-0.3, -0.25) is 24.0 Å². The molecule has 0 saturated carbocycles. The number of carbonyl (C=O) groups is 3. The average molecular weight is 600 g/mol. The van der Waals surface area contributed by atoms with Crippen LogP contribution in [-0.4, -0.2) is 55.5 Å². The maximum absolute atomic E-state index is 11.9. The van der Waals surface area contributed by atoms with Crippen molar-refractivity contribution in [1.82, 2.24) is 9.55 Å². The number of nitrogens with zero attached hydrogens (tertiary/aromatic N) is 3. The van der Waals surface area contributed by atoms with Crippen LogP contribution in [0.5, 0.6) is 0 Å². The molecule has 0 bridgehead atoms. The number of aromatic nitrogens is 2. The van der Waals surface area contributed by atoms with Crippen LogP contribution in [0.1, 0.15) is 42.2 Å². The number of carbonyl (C=O) groups excluding carboxylic acids is 1. The molecule has 16 heteroatoms. The predicted molar refractivity (Wildman–Crippen MR) is 150 cm³/mol. The minimum Gasteiger partial charge on any atom is -0.478 e. The Bertz CT molecular complexity index is 1750. The Hall–Kier alpha value is -5.61. The van der Waals surface area contributed by atoms with Crippen molar-refractivity contribution in [3.05, 3.63) is 111 Å². The summed E-state index contributed by atoms with van der Waals surface area (Å²) in [6.07, 6.45) is 4.27.